The zero-order valence-corrected chi connectivity index (χ0v) is 15.6. The van der Waals surface area contributed by atoms with E-state index < -0.39 is 18.5 Å². The third-order valence-corrected chi connectivity index (χ3v) is 4.60. The third-order valence-electron chi connectivity index (χ3n) is 4.04. The number of ether oxygens (including phenoxy) is 2. The number of carbonyl (C=O) groups excluding carboxylic acids is 2. The second-order valence-electron chi connectivity index (χ2n) is 5.85. The smallest absolute Gasteiger partial charge is 0.387 e. The Labute approximate surface area is 163 Å². The predicted molar refractivity (Wildman–Crippen MR) is 98.8 cm³/mol. The SMILES string of the molecule is CCOC(=O)C(CC(=O)c1ccc(OC(F)F)cc1)c1ccc2nsnc2c1. The van der Waals surface area contributed by atoms with Crippen molar-refractivity contribution in [3.63, 3.8) is 0 Å². The van der Waals surface area contributed by atoms with Gasteiger partial charge in [0.25, 0.3) is 0 Å². The number of hydrogen-bond acceptors (Lipinski definition) is 7. The summed E-state index contributed by atoms with van der Waals surface area (Å²) in [5, 5.41) is 0. The fraction of sp³-hybridized carbons (Fsp3) is 0.263. The van der Waals surface area contributed by atoms with Gasteiger partial charge in [-0.25, -0.2) is 0 Å². The molecular weight excluding hydrogens is 390 g/mol. The topological polar surface area (TPSA) is 78.4 Å². The predicted octanol–water partition coefficient (Wildman–Crippen LogP) is 4.21. The molecule has 0 bridgehead atoms. The molecule has 0 radical (unpaired) electrons. The summed E-state index contributed by atoms with van der Waals surface area (Å²) >= 11 is 1.06. The number of nitrogens with zero attached hydrogens (tertiary/aromatic N) is 2. The number of ketones is 1. The standard InChI is InChI=1S/C19H16F2N2O4S/c1-2-26-18(25)14(12-5-8-15-16(9-12)23-28-22-15)10-17(24)11-3-6-13(7-4-11)27-19(20)21/h3-9,14,19H,2,10H2,1H3. The lowest BCUT2D eigenvalue weighted by atomic mass is 9.91. The largest absolute Gasteiger partial charge is 0.466 e. The summed E-state index contributed by atoms with van der Waals surface area (Å²) in [6.07, 6.45) is -0.128. The molecular formula is C19H16F2N2O4S. The van der Waals surface area contributed by atoms with Crippen LogP contribution in [-0.4, -0.2) is 33.7 Å². The highest BCUT2D eigenvalue weighted by atomic mass is 32.1. The Hall–Kier alpha value is -2.94. The Balaban J connectivity index is 1.82. The number of hydrogen-bond donors (Lipinski definition) is 0. The zero-order chi connectivity index (χ0) is 20.1. The number of fused-ring (bicyclic) bond motifs is 1. The number of Topliss-reactive ketones (excluding diaryl/α,β-unsaturated/α-hetero) is 1. The van der Waals surface area contributed by atoms with Crippen LogP contribution in [0, 0.1) is 0 Å². The first kappa shape index (κ1) is 19.8. The van der Waals surface area contributed by atoms with E-state index in [9.17, 15) is 18.4 Å². The van der Waals surface area contributed by atoms with Crippen LogP contribution < -0.4 is 4.74 Å². The number of rotatable bonds is 8. The number of esters is 1. The summed E-state index contributed by atoms with van der Waals surface area (Å²) in [6, 6.07) is 10.5. The van der Waals surface area contributed by atoms with Crippen molar-refractivity contribution in [3.05, 3.63) is 53.6 Å². The van der Waals surface area contributed by atoms with Gasteiger partial charge in [-0.2, -0.15) is 17.5 Å². The highest BCUT2D eigenvalue weighted by Crippen LogP contribution is 2.27. The molecule has 1 aromatic heterocycles. The van der Waals surface area contributed by atoms with Crippen LogP contribution in [0.4, 0.5) is 8.78 Å². The van der Waals surface area contributed by atoms with Gasteiger partial charge >= 0.3 is 12.6 Å². The van der Waals surface area contributed by atoms with Crippen molar-refractivity contribution >= 4 is 34.5 Å². The van der Waals surface area contributed by atoms with Crippen LogP contribution >= 0.6 is 11.7 Å². The van der Waals surface area contributed by atoms with Crippen LogP contribution in [0.25, 0.3) is 11.0 Å². The lowest BCUT2D eigenvalue weighted by molar-refractivity contribution is -0.144. The molecule has 0 aliphatic heterocycles. The van der Waals surface area contributed by atoms with Gasteiger partial charge in [-0.15, -0.1) is 0 Å². The molecule has 1 heterocycles. The number of halogens is 2. The van der Waals surface area contributed by atoms with Gasteiger partial charge in [0.15, 0.2) is 5.78 Å². The molecule has 0 amide bonds. The van der Waals surface area contributed by atoms with E-state index in [1.807, 2.05) is 0 Å². The summed E-state index contributed by atoms with van der Waals surface area (Å²) in [7, 11) is 0. The Bertz CT molecular complexity index is 975. The first-order valence-corrected chi connectivity index (χ1v) is 9.18. The maximum absolute atomic E-state index is 12.7. The average Bonchev–Trinajstić information content (AvgIpc) is 3.14. The number of carbonyl (C=O) groups is 2. The molecule has 28 heavy (non-hydrogen) atoms. The molecule has 0 saturated heterocycles. The van der Waals surface area contributed by atoms with Crippen LogP contribution in [0.15, 0.2) is 42.5 Å². The monoisotopic (exact) mass is 406 g/mol. The van der Waals surface area contributed by atoms with Crippen molar-refractivity contribution in [2.75, 3.05) is 6.61 Å². The molecule has 1 atom stereocenters. The van der Waals surface area contributed by atoms with Gasteiger partial charge < -0.3 is 9.47 Å². The molecule has 0 N–H and O–H groups in total. The summed E-state index contributed by atoms with van der Waals surface area (Å²) < 4.78 is 42.1. The van der Waals surface area contributed by atoms with Crippen LogP contribution in [0.1, 0.15) is 35.2 Å². The van der Waals surface area contributed by atoms with Crippen molar-refractivity contribution in [1.82, 2.24) is 8.75 Å². The Kier molecular flexibility index (Phi) is 6.25. The van der Waals surface area contributed by atoms with Gasteiger partial charge in [0.05, 0.1) is 24.3 Å². The summed E-state index contributed by atoms with van der Waals surface area (Å²) in [5.74, 6) is -1.69. The summed E-state index contributed by atoms with van der Waals surface area (Å²) in [5.41, 5.74) is 2.23. The number of aromatic nitrogens is 2. The van der Waals surface area contributed by atoms with Gasteiger partial charge in [-0.3, -0.25) is 9.59 Å². The number of benzene rings is 2. The highest BCUT2D eigenvalue weighted by molar-refractivity contribution is 7.00. The Morgan fingerprint density at radius 1 is 1.07 bits per heavy atom. The lowest BCUT2D eigenvalue weighted by Gasteiger charge is -2.15. The molecule has 3 rings (SSSR count). The molecule has 0 spiro atoms. The van der Waals surface area contributed by atoms with Gasteiger partial charge in [0, 0.05) is 12.0 Å². The highest BCUT2D eigenvalue weighted by Gasteiger charge is 2.26. The molecule has 3 aromatic rings. The van der Waals surface area contributed by atoms with E-state index in [1.54, 1.807) is 25.1 Å². The van der Waals surface area contributed by atoms with Crippen molar-refractivity contribution in [2.45, 2.75) is 25.9 Å². The average molecular weight is 406 g/mol. The summed E-state index contributed by atoms with van der Waals surface area (Å²) in [6.45, 7) is -1.07. The minimum Gasteiger partial charge on any atom is -0.466 e. The van der Waals surface area contributed by atoms with Crippen molar-refractivity contribution in [3.8, 4) is 5.75 Å². The molecule has 0 fully saturated rings. The van der Waals surface area contributed by atoms with E-state index in [0.717, 1.165) is 11.7 Å². The van der Waals surface area contributed by atoms with Crippen molar-refractivity contribution < 1.29 is 27.8 Å². The van der Waals surface area contributed by atoms with Crippen molar-refractivity contribution in [1.29, 1.82) is 0 Å². The first-order valence-electron chi connectivity index (χ1n) is 8.45. The quantitative estimate of drug-likeness (QED) is 0.412. The zero-order valence-electron chi connectivity index (χ0n) is 14.8. The summed E-state index contributed by atoms with van der Waals surface area (Å²) in [4.78, 5) is 25.1. The van der Waals surface area contributed by atoms with Crippen LogP contribution in [-0.2, 0) is 9.53 Å². The molecule has 9 heteroatoms. The maximum Gasteiger partial charge on any atom is 0.387 e. The van der Waals surface area contributed by atoms with Gasteiger partial charge in [0.1, 0.15) is 16.8 Å². The second-order valence-corrected chi connectivity index (χ2v) is 6.38. The van der Waals surface area contributed by atoms with Crippen LogP contribution in [0.2, 0.25) is 0 Å². The van der Waals surface area contributed by atoms with Crippen LogP contribution in [0.5, 0.6) is 5.75 Å². The molecule has 6 nitrogen and oxygen atoms in total. The fourth-order valence-corrected chi connectivity index (χ4v) is 3.24. The molecule has 1 unspecified atom stereocenters. The molecule has 0 saturated carbocycles. The molecule has 0 aliphatic carbocycles. The normalized spacial score (nSPS) is 12.1. The van der Waals surface area contributed by atoms with E-state index in [0.29, 0.717) is 16.6 Å². The van der Waals surface area contributed by atoms with E-state index in [4.69, 9.17) is 4.74 Å². The lowest BCUT2D eigenvalue weighted by Crippen LogP contribution is -2.19. The second kappa shape index (κ2) is 8.83. The van der Waals surface area contributed by atoms with Gasteiger partial charge in [0.2, 0.25) is 0 Å². The van der Waals surface area contributed by atoms with Crippen molar-refractivity contribution in [2.24, 2.45) is 0 Å². The molecule has 2 aromatic carbocycles. The minimum atomic E-state index is -2.94. The Morgan fingerprint density at radius 2 is 1.79 bits per heavy atom. The van der Waals surface area contributed by atoms with Gasteiger partial charge in [-0.1, -0.05) is 6.07 Å². The molecule has 146 valence electrons. The fourth-order valence-electron chi connectivity index (χ4n) is 2.72. The van der Waals surface area contributed by atoms with E-state index in [1.165, 1.54) is 24.3 Å². The Morgan fingerprint density at radius 3 is 2.46 bits per heavy atom. The third kappa shape index (κ3) is 4.66. The van der Waals surface area contributed by atoms with E-state index in [-0.39, 0.29) is 30.1 Å². The van der Waals surface area contributed by atoms with Crippen LogP contribution in [0.3, 0.4) is 0 Å². The number of alkyl halides is 2. The first-order chi connectivity index (χ1) is 13.5. The van der Waals surface area contributed by atoms with E-state index >= 15 is 0 Å². The van der Waals surface area contributed by atoms with Gasteiger partial charge in [-0.05, 0) is 48.9 Å². The maximum atomic E-state index is 12.7. The minimum absolute atomic E-state index is 0.0463. The molecule has 0 aliphatic rings. The van der Waals surface area contributed by atoms with E-state index in [2.05, 4.69) is 13.5 Å².